The Morgan fingerprint density at radius 3 is 2.47 bits per heavy atom. The number of thioether (sulfide) groups is 1. The van der Waals surface area contributed by atoms with E-state index in [0.29, 0.717) is 21.2 Å². The van der Waals surface area contributed by atoms with Crippen molar-refractivity contribution in [1.82, 2.24) is 4.98 Å². The number of halogens is 3. The first-order valence-corrected chi connectivity index (χ1v) is 15.3. The molecule has 1 fully saturated rings. The van der Waals surface area contributed by atoms with Gasteiger partial charge in [-0.3, -0.25) is 19.2 Å². The Balaban J connectivity index is 1.30. The molecular formula is C31H24F3N3O6S2. The van der Waals surface area contributed by atoms with Gasteiger partial charge < -0.3 is 19.8 Å². The van der Waals surface area contributed by atoms with Gasteiger partial charge in [-0.25, -0.2) is 4.90 Å². The Morgan fingerprint density at radius 2 is 1.76 bits per heavy atom. The molecule has 3 heterocycles. The number of nitrogens with one attached hydrogen (secondary N) is 2. The minimum absolute atomic E-state index is 0.185. The molecule has 9 nitrogen and oxygen atoms in total. The van der Waals surface area contributed by atoms with Crippen LogP contribution in [0.3, 0.4) is 0 Å². The highest BCUT2D eigenvalue weighted by Gasteiger charge is 2.56. The molecule has 0 spiro atoms. The summed E-state index contributed by atoms with van der Waals surface area (Å²) in [5.41, 5.74) is 0.995. The van der Waals surface area contributed by atoms with E-state index in [1.807, 2.05) is 19.1 Å². The lowest BCUT2D eigenvalue weighted by atomic mass is 9.83. The van der Waals surface area contributed by atoms with Crippen molar-refractivity contribution in [1.29, 1.82) is 0 Å². The topological polar surface area (TPSA) is 118 Å². The smallest absolute Gasteiger partial charge is 0.416 e. The number of aryl methyl sites for hydroxylation is 1. The van der Waals surface area contributed by atoms with Crippen LogP contribution in [0.25, 0.3) is 0 Å². The number of alkyl halides is 3. The Hall–Kier alpha value is -4.56. The molecular weight excluding hydrogens is 631 g/mol. The molecule has 6 rings (SSSR count). The third-order valence-corrected chi connectivity index (χ3v) is 9.90. The van der Waals surface area contributed by atoms with Gasteiger partial charge in [0.15, 0.2) is 18.1 Å². The normalized spacial score (nSPS) is 19.2. The predicted octanol–water partition coefficient (Wildman–Crippen LogP) is 5.59. The lowest BCUT2D eigenvalue weighted by Crippen LogP contribution is -2.32. The number of H-pyrrole nitrogens is 1. The van der Waals surface area contributed by atoms with Crippen LogP contribution in [-0.4, -0.2) is 41.7 Å². The summed E-state index contributed by atoms with van der Waals surface area (Å²) in [6, 6.07) is 16.1. The van der Waals surface area contributed by atoms with Gasteiger partial charge in [0.05, 0.1) is 29.3 Å². The van der Waals surface area contributed by atoms with Gasteiger partial charge in [0.1, 0.15) is 5.25 Å². The van der Waals surface area contributed by atoms with Crippen LogP contribution in [0, 0.1) is 12.8 Å². The fourth-order valence-electron chi connectivity index (χ4n) is 5.43. The molecule has 2 N–H and O–H groups in total. The third kappa shape index (κ3) is 5.82. The molecule has 3 atom stereocenters. The van der Waals surface area contributed by atoms with Crippen LogP contribution in [0.1, 0.15) is 27.5 Å². The maximum absolute atomic E-state index is 13.9. The number of anilines is 2. The van der Waals surface area contributed by atoms with Crippen LogP contribution in [0.5, 0.6) is 11.5 Å². The van der Waals surface area contributed by atoms with Crippen LogP contribution < -0.4 is 24.6 Å². The number of carbonyl (C=O) groups is 3. The van der Waals surface area contributed by atoms with E-state index >= 15 is 0 Å². The fraction of sp³-hybridized carbons (Fsp3) is 0.226. The standard InChI is InChI=1S/C31H24F3N3O6S2/c1-15-6-9-18(10-7-15)35-22(38)14-43-20-11-8-16(12-21(20)42-2)23-24-26(44-27-25(23)45-30(41)36-27)29(40)37(28(24)39)19-5-3-4-17(13-19)31(32,33)34/h3-13,23-24,26H,14H2,1-2H3,(H,35,38)(H,36,41)/t23-,24?,26?/m1/s1. The molecule has 4 aromatic rings. The largest absolute Gasteiger partial charge is 0.493 e. The summed E-state index contributed by atoms with van der Waals surface area (Å²) in [4.78, 5) is 56.1. The van der Waals surface area contributed by atoms with Gasteiger partial charge in [-0.15, -0.1) is 0 Å². The van der Waals surface area contributed by atoms with Crippen molar-refractivity contribution >= 4 is 52.2 Å². The number of carbonyl (C=O) groups excluding carboxylic acids is 3. The highest BCUT2D eigenvalue weighted by Crippen LogP contribution is 2.54. The van der Waals surface area contributed by atoms with E-state index in [-0.39, 0.29) is 28.7 Å². The second-order valence-corrected chi connectivity index (χ2v) is 12.6. The zero-order valence-electron chi connectivity index (χ0n) is 23.6. The van der Waals surface area contributed by atoms with Crippen molar-refractivity contribution in [2.45, 2.75) is 29.3 Å². The van der Waals surface area contributed by atoms with Crippen molar-refractivity contribution in [3.05, 3.63) is 98.0 Å². The maximum atomic E-state index is 13.9. The van der Waals surface area contributed by atoms with Crippen molar-refractivity contribution in [2.24, 2.45) is 5.92 Å². The van der Waals surface area contributed by atoms with Crippen LogP contribution >= 0.6 is 23.1 Å². The number of ether oxygens (including phenoxy) is 2. The highest BCUT2D eigenvalue weighted by molar-refractivity contribution is 8.00. The van der Waals surface area contributed by atoms with E-state index < -0.39 is 46.5 Å². The molecule has 0 aliphatic carbocycles. The number of hydrogen-bond acceptors (Lipinski definition) is 8. The monoisotopic (exact) mass is 655 g/mol. The van der Waals surface area contributed by atoms with Crippen molar-refractivity contribution in [3.8, 4) is 11.5 Å². The lowest BCUT2D eigenvalue weighted by molar-refractivity contribution is -0.137. The SMILES string of the molecule is COc1cc([C@H]2c3sc(=O)[nH]c3SC3C(=O)N(c4cccc(C(F)(F)F)c4)C(=O)C32)ccc1OCC(=O)Nc1ccc(C)cc1. The summed E-state index contributed by atoms with van der Waals surface area (Å²) in [5.74, 6) is -3.10. The Morgan fingerprint density at radius 1 is 1.00 bits per heavy atom. The number of fused-ring (bicyclic) bond motifs is 2. The number of imide groups is 1. The second-order valence-electron chi connectivity index (χ2n) is 10.4. The number of benzene rings is 3. The minimum atomic E-state index is -4.67. The quantitative estimate of drug-likeness (QED) is 0.250. The molecule has 14 heteroatoms. The Kier molecular flexibility index (Phi) is 7.95. The van der Waals surface area contributed by atoms with Gasteiger partial charge in [-0.1, -0.05) is 52.9 Å². The van der Waals surface area contributed by atoms with E-state index in [9.17, 15) is 32.3 Å². The second kappa shape index (κ2) is 11.7. The third-order valence-electron chi connectivity index (χ3n) is 7.50. The average molecular weight is 656 g/mol. The summed E-state index contributed by atoms with van der Waals surface area (Å²) in [7, 11) is 1.40. The summed E-state index contributed by atoms with van der Waals surface area (Å²) in [5, 5.41) is 2.16. The number of rotatable bonds is 7. The number of amides is 3. The van der Waals surface area contributed by atoms with Crippen molar-refractivity contribution in [2.75, 3.05) is 23.9 Å². The van der Waals surface area contributed by atoms with Gasteiger partial charge in [0, 0.05) is 16.5 Å². The number of methoxy groups -OCH3 is 1. The zero-order valence-corrected chi connectivity index (χ0v) is 25.3. The first-order valence-electron chi connectivity index (χ1n) is 13.6. The minimum Gasteiger partial charge on any atom is -0.493 e. The summed E-state index contributed by atoms with van der Waals surface area (Å²) >= 11 is 1.91. The Labute approximate surface area is 262 Å². The molecule has 0 radical (unpaired) electrons. The van der Waals surface area contributed by atoms with Gasteiger partial charge in [0.2, 0.25) is 11.8 Å². The molecule has 1 saturated heterocycles. The number of hydrogen-bond donors (Lipinski definition) is 2. The van der Waals surface area contributed by atoms with Gasteiger partial charge in [-0.2, -0.15) is 13.2 Å². The van der Waals surface area contributed by atoms with Crippen molar-refractivity contribution in [3.63, 3.8) is 0 Å². The molecule has 2 aliphatic rings. The average Bonchev–Trinajstić information content (AvgIpc) is 3.50. The fourth-order valence-corrected chi connectivity index (χ4v) is 7.94. The predicted molar refractivity (Wildman–Crippen MR) is 162 cm³/mol. The maximum Gasteiger partial charge on any atom is 0.416 e. The molecule has 0 saturated carbocycles. The van der Waals surface area contributed by atoms with Crippen molar-refractivity contribution < 1.29 is 37.0 Å². The number of thiazole rings is 1. The summed E-state index contributed by atoms with van der Waals surface area (Å²) in [6.07, 6.45) is -4.67. The molecule has 0 bridgehead atoms. The number of nitrogens with zero attached hydrogens (tertiary/aromatic N) is 1. The van der Waals surface area contributed by atoms with E-state index in [2.05, 4.69) is 10.3 Å². The summed E-state index contributed by atoms with van der Waals surface area (Å²) < 4.78 is 51.6. The van der Waals surface area contributed by atoms with E-state index in [1.165, 1.54) is 13.2 Å². The first kappa shape index (κ1) is 30.5. The van der Waals surface area contributed by atoms with Crippen LogP contribution in [0.2, 0.25) is 0 Å². The zero-order chi connectivity index (χ0) is 32.0. The molecule has 1 aromatic heterocycles. The van der Waals surface area contributed by atoms with Crippen LogP contribution in [-0.2, 0) is 20.6 Å². The molecule has 2 aliphatic heterocycles. The first-order chi connectivity index (χ1) is 21.4. The lowest BCUT2D eigenvalue weighted by Gasteiger charge is -2.30. The molecule has 3 amide bonds. The van der Waals surface area contributed by atoms with Crippen LogP contribution in [0.4, 0.5) is 24.5 Å². The number of aromatic amines is 1. The number of aromatic nitrogens is 1. The summed E-state index contributed by atoms with van der Waals surface area (Å²) in [6.45, 7) is 1.61. The Bertz CT molecular complexity index is 1870. The molecule has 3 aromatic carbocycles. The van der Waals surface area contributed by atoms with E-state index in [0.717, 1.165) is 51.8 Å². The van der Waals surface area contributed by atoms with E-state index in [1.54, 1.807) is 30.3 Å². The van der Waals surface area contributed by atoms with Crippen LogP contribution in [0.15, 0.2) is 76.6 Å². The van der Waals surface area contributed by atoms with Gasteiger partial charge in [-0.05, 0) is 55.0 Å². The molecule has 2 unspecified atom stereocenters. The van der Waals surface area contributed by atoms with Gasteiger partial charge >= 0.3 is 11.0 Å². The highest BCUT2D eigenvalue weighted by atomic mass is 32.2. The van der Waals surface area contributed by atoms with Gasteiger partial charge in [0.25, 0.3) is 5.91 Å². The van der Waals surface area contributed by atoms with E-state index in [4.69, 9.17) is 9.47 Å². The molecule has 232 valence electrons. The molecule has 45 heavy (non-hydrogen) atoms.